The van der Waals surface area contributed by atoms with Crippen LogP contribution in [-0.4, -0.2) is 25.2 Å². The minimum atomic E-state index is 0.0426. The second kappa shape index (κ2) is 7.13. The van der Waals surface area contributed by atoms with Crippen molar-refractivity contribution in [1.82, 2.24) is 5.32 Å². The van der Waals surface area contributed by atoms with Crippen molar-refractivity contribution >= 4 is 5.91 Å². The summed E-state index contributed by atoms with van der Waals surface area (Å²) in [5.41, 5.74) is 0.0426. The zero-order valence-corrected chi connectivity index (χ0v) is 12.4. The first-order valence-electron chi connectivity index (χ1n) is 7.33. The molecule has 106 valence electrons. The topological polar surface area (TPSA) is 38.3 Å². The van der Waals surface area contributed by atoms with Gasteiger partial charge in [-0.25, -0.2) is 0 Å². The van der Waals surface area contributed by atoms with Crippen molar-refractivity contribution in [3.63, 3.8) is 0 Å². The maximum absolute atomic E-state index is 12.3. The Bertz CT molecular complexity index is 254. The minimum Gasteiger partial charge on any atom is -0.377 e. The number of nitrogens with one attached hydrogen (secondary N) is 1. The maximum atomic E-state index is 12.3. The van der Waals surface area contributed by atoms with Gasteiger partial charge >= 0.3 is 0 Å². The number of amides is 1. The van der Waals surface area contributed by atoms with E-state index in [1.54, 1.807) is 0 Å². The summed E-state index contributed by atoms with van der Waals surface area (Å²) in [5.74, 6) is 0.335. The molecule has 3 nitrogen and oxygen atoms in total. The summed E-state index contributed by atoms with van der Waals surface area (Å²) in [7, 11) is 0. The van der Waals surface area contributed by atoms with Crippen molar-refractivity contribution in [2.45, 2.75) is 65.8 Å². The highest BCUT2D eigenvalue weighted by Crippen LogP contribution is 2.31. The van der Waals surface area contributed by atoms with E-state index in [1.165, 1.54) is 19.3 Å². The molecule has 0 radical (unpaired) electrons. The Morgan fingerprint density at radius 2 is 1.94 bits per heavy atom. The molecule has 3 heteroatoms. The van der Waals surface area contributed by atoms with Gasteiger partial charge in [0.25, 0.3) is 0 Å². The molecule has 0 spiro atoms. The van der Waals surface area contributed by atoms with E-state index in [4.69, 9.17) is 4.74 Å². The Hall–Kier alpha value is -0.570. The number of carbonyl (C=O) groups is 1. The molecule has 1 N–H and O–H groups in total. The molecule has 0 bridgehead atoms. The van der Waals surface area contributed by atoms with Gasteiger partial charge in [0.1, 0.15) is 0 Å². The molecule has 1 aliphatic heterocycles. The summed E-state index contributed by atoms with van der Waals surface area (Å²) in [6.45, 7) is 10.1. The van der Waals surface area contributed by atoms with Gasteiger partial charge in [-0.05, 0) is 11.8 Å². The highest BCUT2D eigenvalue weighted by atomic mass is 16.5. The first kappa shape index (κ1) is 15.5. The molecule has 1 unspecified atom stereocenters. The third-order valence-corrected chi connectivity index (χ3v) is 3.69. The maximum Gasteiger partial charge on any atom is 0.224 e. The van der Waals surface area contributed by atoms with Crippen LogP contribution in [0.25, 0.3) is 0 Å². The van der Waals surface area contributed by atoms with E-state index in [0.29, 0.717) is 13.2 Å². The van der Waals surface area contributed by atoms with Crippen molar-refractivity contribution in [3.05, 3.63) is 0 Å². The Morgan fingerprint density at radius 1 is 1.28 bits per heavy atom. The Morgan fingerprint density at radius 3 is 2.39 bits per heavy atom. The summed E-state index contributed by atoms with van der Waals surface area (Å²) in [6, 6.07) is 0.248. The summed E-state index contributed by atoms with van der Waals surface area (Å²) in [4.78, 5) is 12.3. The summed E-state index contributed by atoms with van der Waals surface area (Å²) >= 11 is 0. The quantitative estimate of drug-likeness (QED) is 0.710. The van der Waals surface area contributed by atoms with Gasteiger partial charge in [0, 0.05) is 5.92 Å². The Kier molecular flexibility index (Phi) is 6.13. The number of hydrogen-bond acceptors (Lipinski definition) is 2. The molecular formula is C15H29NO2. The van der Waals surface area contributed by atoms with Crippen molar-refractivity contribution in [2.75, 3.05) is 13.2 Å². The number of hydrogen-bond donors (Lipinski definition) is 1. The lowest BCUT2D eigenvalue weighted by Gasteiger charge is -2.34. The van der Waals surface area contributed by atoms with Crippen LogP contribution in [-0.2, 0) is 9.53 Å². The van der Waals surface area contributed by atoms with Crippen LogP contribution in [0, 0.1) is 11.3 Å². The first-order chi connectivity index (χ1) is 8.45. The largest absolute Gasteiger partial charge is 0.377 e. The summed E-state index contributed by atoms with van der Waals surface area (Å²) < 4.78 is 5.10. The van der Waals surface area contributed by atoms with E-state index in [0.717, 1.165) is 12.8 Å². The van der Waals surface area contributed by atoms with Crippen LogP contribution in [0.3, 0.4) is 0 Å². The van der Waals surface area contributed by atoms with Crippen LogP contribution in [0.1, 0.15) is 59.8 Å². The molecule has 1 fully saturated rings. The van der Waals surface area contributed by atoms with Crippen LogP contribution in [0.5, 0.6) is 0 Å². The fourth-order valence-corrected chi connectivity index (χ4v) is 2.35. The lowest BCUT2D eigenvalue weighted by Crippen LogP contribution is -2.51. The third kappa shape index (κ3) is 4.97. The molecule has 18 heavy (non-hydrogen) atoms. The second-order valence-corrected chi connectivity index (χ2v) is 6.51. The predicted octanol–water partition coefficient (Wildman–Crippen LogP) is 3.13. The van der Waals surface area contributed by atoms with Crippen LogP contribution in [0.2, 0.25) is 0 Å². The van der Waals surface area contributed by atoms with E-state index in [-0.39, 0.29) is 23.3 Å². The van der Waals surface area contributed by atoms with E-state index < -0.39 is 0 Å². The SMILES string of the molecule is CCCCCCC(C(=O)NC1COC1)C(C)(C)C. The third-order valence-electron chi connectivity index (χ3n) is 3.69. The smallest absolute Gasteiger partial charge is 0.224 e. The normalized spacial score (nSPS) is 18.2. The van der Waals surface area contributed by atoms with Gasteiger partial charge in [0.15, 0.2) is 0 Å². The zero-order chi connectivity index (χ0) is 13.6. The van der Waals surface area contributed by atoms with Crippen LogP contribution in [0.4, 0.5) is 0 Å². The summed E-state index contributed by atoms with van der Waals surface area (Å²) in [5, 5.41) is 3.10. The monoisotopic (exact) mass is 255 g/mol. The first-order valence-corrected chi connectivity index (χ1v) is 7.33. The molecule has 0 aromatic carbocycles. The number of carbonyl (C=O) groups excluding carboxylic acids is 1. The molecule has 0 aromatic heterocycles. The van der Waals surface area contributed by atoms with E-state index in [1.807, 2.05) is 0 Å². The van der Waals surface area contributed by atoms with Crippen LogP contribution >= 0.6 is 0 Å². The standard InChI is InChI=1S/C15H29NO2/c1-5-6-7-8-9-13(15(2,3)4)14(17)16-12-10-18-11-12/h12-13H,5-11H2,1-4H3,(H,16,17). The fourth-order valence-electron chi connectivity index (χ4n) is 2.35. The van der Waals surface area contributed by atoms with E-state index in [9.17, 15) is 4.79 Å². The van der Waals surface area contributed by atoms with Gasteiger partial charge in [-0.2, -0.15) is 0 Å². The van der Waals surface area contributed by atoms with Crippen molar-refractivity contribution in [1.29, 1.82) is 0 Å². The van der Waals surface area contributed by atoms with Gasteiger partial charge in [-0.1, -0.05) is 53.4 Å². The highest BCUT2D eigenvalue weighted by Gasteiger charge is 2.32. The average Bonchev–Trinajstić information content (AvgIpc) is 2.21. The molecule has 1 saturated heterocycles. The lowest BCUT2D eigenvalue weighted by atomic mass is 9.77. The fraction of sp³-hybridized carbons (Fsp3) is 0.933. The highest BCUT2D eigenvalue weighted by molar-refractivity contribution is 5.79. The average molecular weight is 255 g/mol. The van der Waals surface area contributed by atoms with Gasteiger partial charge in [-0.15, -0.1) is 0 Å². The second-order valence-electron chi connectivity index (χ2n) is 6.51. The van der Waals surface area contributed by atoms with Crippen molar-refractivity contribution in [2.24, 2.45) is 11.3 Å². The van der Waals surface area contributed by atoms with Crippen LogP contribution in [0.15, 0.2) is 0 Å². The van der Waals surface area contributed by atoms with E-state index in [2.05, 4.69) is 33.0 Å². The molecule has 1 heterocycles. The lowest BCUT2D eigenvalue weighted by molar-refractivity contribution is -0.132. The van der Waals surface area contributed by atoms with Gasteiger partial charge in [0.2, 0.25) is 5.91 Å². The van der Waals surface area contributed by atoms with Gasteiger partial charge < -0.3 is 10.1 Å². The molecule has 1 rings (SSSR count). The van der Waals surface area contributed by atoms with Crippen molar-refractivity contribution < 1.29 is 9.53 Å². The zero-order valence-electron chi connectivity index (χ0n) is 12.4. The minimum absolute atomic E-state index is 0.0426. The number of ether oxygens (including phenoxy) is 1. The molecule has 0 saturated carbocycles. The molecule has 0 aromatic rings. The van der Waals surface area contributed by atoms with Crippen molar-refractivity contribution in [3.8, 4) is 0 Å². The Labute approximate surface area is 112 Å². The van der Waals surface area contributed by atoms with Gasteiger partial charge in [-0.3, -0.25) is 4.79 Å². The van der Waals surface area contributed by atoms with E-state index >= 15 is 0 Å². The molecule has 0 aliphatic carbocycles. The Balaban J connectivity index is 2.41. The molecular weight excluding hydrogens is 226 g/mol. The van der Waals surface area contributed by atoms with Crippen LogP contribution < -0.4 is 5.32 Å². The number of unbranched alkanes of at least 4 members (excludes halogenated alkanes) is 3. The number of rotatable bonds is 7. The molecule has 1 aliphatic rings. The molecule has 1 atom stereocenters. The summed E-state index contributed by atoms with van der Waals surface area (Å²) in [6.07, 6.45) is 5.91. The van der Waals surface area contributed by atoms with Gasteiger partial charge in [0.05, 0.1) is 19.3 Å². The predicted molar refractivity (Wildman–Crippen MR) is 74.5 cm³/mol. The molecule has 1 amide bonds.